The van der Waals surface area contributed by atoms with Crippen LogP contribution >= 0.6 is 0 Å². The molecule has 0 spiro atoms. The van der Waals surface area contributed by atoms with Crippen LogP contribution < -0.4 is 5.32 Å². The van der Waals surface area contributed by atoms with Crippen LogP contribution in [0.3, 0.4) is 0 Å². The van der Waals surface area contributed by atoms with Crippen LogP contribution in [0.15, 0.2) is 0 Å². The number of rotatable bonds is 4. The van der Waals surface area contributed by atoms with E-state index in [0.29, 0.717) is 0 Å². The Balaban J connectivity index is 3.98. The smallest absolute Gasteiger partial charge is 0.407 e. The number of carbonyl (C=O) groups is 2. The normalized spacial score (nSPS) is 13.1. The monoisotopic (exact) mass is 219 g/mol. The molecule has 0 unspecified atom stereocenters. The molecular formula is C9H17NO5. The molecule has 0 aromatic rings. The maximum absolute atomic E-state index is 11.1. The maximum atomic E-state index is 11.1. The molecule has 0 aromatic heterocycles. The van der Waals surface area contributed by atoms with Gasteiger partial charge in [-0.1, -0.05) is 20.8 Å². The first kappa shape index (κ1) is 13.7. The number of carboxylic acids is 1. The summed E-state index contributed by atoms with van der Waals surface area (Å²) in [5, 5.41) is 19.2. The summed E-state index contributed by atoms with van der Waals surface area (Å²) in [4.78, 5) is 21.5. The van der Waals surface area contributed by atoms with Gasteiger partial charge in [0.05, 0.1) is 13.2 Å². The Kier molecular flexibility index (Phi) is 5.07. The quantitative estimate of drug-likeness (QED) is 0.628. The van der Waals surface area contributed by atoms with Gasteiger partial charge in [-0.05, 0) is 5.41 Å². The standard InChI is InChI=1S/C9H17NO5/c1-9(2,3)5-15-8(14)10-6(4-11)7(12)13/h6,11H,4-5H2,1-3H3,(H,10,14)(H,12,13)/t6-/m0/s1. The summed E-state index contributed by atoms with van der Waals surface area (Å²) in [7, 11) is 0. The van der Waals surface area contributed by atoms with Gasteiger partial charge in [0.2, 0.25) is 0 Å². The number of alkyl carbamates (subject to hydrolysis) is 1. The third kappa shape index (κ3) is 6.73. The fourth-order valence-corrected chi connectivity index (χ4v) is 0.651. The molecule has 88 valence electrons. The summed E-state index contributed by atoms with van der Waals surface area (Å²) in [6.07, 6.45) is -0.841. The molecule has 0 fully saturated rings. The van der Waals surface area contributed by atoms with E-state index in [2.05, 4.69) is 0 Å². The van der Waals surface area contributed by atoms with Crippen LogP contribution in [0, 0.1) is 5.41 Å². The second-order valence-corrected chi connectivity index (χ2v) is 4.35. The summed E-state index contributed by atoms with van der Waals surface area (Å²) in [5.41, 5.74) is -0.185. The number of nitrogens with one attached hydrogen (secondary N) is 1. The second-order valence-electron chi connectivity index (χ2n) is 4.35. The van der Waals surface area contributed by atoms with Crippen LogP contribution in [0.5, 0.6) is 0 Å². The van der Waals surface area contributed by atoms with Crippen molar-refractivity contribution in [2.75, 3.05) is 13.2 Å². The van der Waals surface area contributed by atoms with E-state index < -0.39 is 24.7 Å². The van der Waals surface area contributed by atoms with Crippen molar-refractivity contribution in [3.05, 3.63) is 0 Å². The third-order valence-electron chi connectivity index (χ3n) is 1.41. The first-order chi connectivity index (χ1) is 6.76. The number of carboxylic acid groups (broad SMARTS) is 1. The molecule has 1 amide bonds. The summed E-state index contributed by atoms with van der Waals surface area (Å²) >= 11 is 0. The molecule has 0 heterocycles. The van der Waals surface area contributed by atoms with Crippen molar-refractivity contribution >= 4 is 12.1 Å². The van der Waals surface area contributed by atoms with Crippen molar-refractivity contribution in [1.82, 2.24) is 5.32 Å². The molecule has 6 nitrogen and oxygen atoms in total. The largest absolute Gasteiger partial charge is 0.480 e. The van der Waals surface area contributed by atoms with E-state index in [1.54, 1.807) is 0 Å². The number of amides is 1. The molecule has 0 aliphatic carbocycles. The molecule has 15 heavy (non-hydrogen) atoms. The lowest BCUT2D eigenvalue weighted by Crippen LogP contribution is -2.44. The zero-order valence-corrected chi connectivity index (χ0v) is 9.11. The average molecular weight is 219 g/mol. The van der Waals surface area contributed by atoms with E-state index >= 15 is 0 Å². The van der Waals surface area contributed by atoms with Crippen molar-refractivity contribution in [1.29, 1.82) is 0 Å². The van der Waals surface area contributed by atoms with E-state index in [1.165, 1.54) is 0 Å². The minimum atomic E-state index is -1.32. The predicted molar refractivity (Wildman–Crippen MR) is 52.4 cm³/mol. The molecule has 0 radical (unpaired) electrons. The Morgan fingerprint density at radius 2 is 1.93 bits per heavy atom. The van der Waals surface area contributed by atoms with Crippen LogP contribution in [0.25, 0.3) is 0 Å². The number of aliphatic hydroxyl groups excluding tert-OH is 1. The minimum Gasteiger partial charge on any atom is -0.480 e. The fraction of sp³-hybridized carbons (Fsp3) is 0.778. The molecule has 1 atom stereocenters. The SMILES string of the molecule is CC(C)(C)COC(=O)N[C@@H](CO)C(=O)O. The lowest BCUT2D eigenvalue weighted by atomic mass is 9.99. The third-order valence-corrected chi connectivity index (χ3v) is 1.41. The Bertz CT molecular complexity index is 233. The number of hydrogen-bond acceptors (Lipinski definition) is 4. The first-order valence-electron chi connectivity index (χ1n) is 4.53. The fourth-order valence-electron chi connectivity index (χ4n) is 0.651. The van der Waals surface area contributed by atoms with E-state index in [9.17, 15) is 9.59 Å². The van der Waals surface area contributed by atoms with E-state index in [-0.39, 0.29) is 12.0 Å². The van der Waals surface area contributed by atoms with Gasteiger partial charge in [0, 0.05) is 0 Å². The van der Waals surface area contributed by atoms with E-state index in [1.807, 2.05) is 26.1 Å². The maximum Gasteiger partial charge on any atom is 0.407 e. The molecule has 0 aromatic carbocycles. The Labute approximate surface area is 88.2 Å². The first-order valence-corrected chi connectivity index (χ1v) is 4.53. The van der Waals surface area contributed by atoms with Crippen molar-refractivity contribution in [2.45, 2.75) is 26.8 Å². The summed E-state index contributed by atoms with van der Waals surface area (Å²) in [6, 6.07) is -1.32. The topological polar surface area (TPSA) is 95.9 Å². The Morgan fingerprint density at radius 3 is 2.27 bits per heavy atom. The molecule has 0 aliphatic heterocycles. The van der Waals surface area contributed by atoms with Gasteiger partial charge in [-0.25, -0.2) is 9.59 Å². The minimum absolute atomic E-state index is 0.177. The highest BCUT2D eigenvalue weighted by molar-refractivity contribution is 5.79. The highest BCUT2D eigenvalue weighted by Crippen LogP contribution is 2.12. The predicted octanol–water partition coefficient (Wildman–Crippen LogP) is 0.204. The second kappa shape index (κ2) is 5.55. The van der Waals surface area contributed by atoms with Gasteiger partial charge in [0.25, 0.3) is 0 Å². The van der Waals surface area contributed by atoms with Gasteiger partial charge in [0.1, 0.15) is 0 Å². The average Bonchev–Trinajstić information content (AvgIpc) is 2.09. The van der Waals surface area contributed by atoms with Gasteiger partial charge in [-0.2, -0.15) is 0 Å². The lowest BCUT2D eigenvalue weighted by molar-refractivity contribution is -0.140. The molecule has 6 heteroatoms. The highest BCUT2D eigenvalue weighted by Gasteiger charge is 2.20. The Hall–Kier alpha value is -1.30. The van der Waals surface area contributed by atoms with Gasteiger partial charge >= 0.3 is 12.1 Å². The van der Waals surface area contributed by atoms with Crippen molar-refractivity contribution in [2.24, 2.45) is 5.41 Å². The van der Waals surface area contributed by atoms with E-state index in [4.69, 9.17) is 14.9 Å². The summed E-state index contributed by atoms with van der Waals surface area (Å²) < 4.78 is 4.76. The molecule has 0 saturated carbocycles. The van der Waals surface area contributed by atoms with Crippen molar-refractivity contribution < 1.29 is 24.5 Å². The van der Waals surface area contributed by atoms with Crippen LogP contribution in [0.2, 0.25) is 0 Å². The van der Waals surface area contributed by atoms with E-state index in [0.717, 1.165) is 0 Å². The Morgan fingerprint density at radius 1 is 1.40 bits per heavy atom. The highest BCUT2D eigenvalue weighted by atomic mass is 16.5. The van der Waals surface area contributed by atoms with Gasteiger partial charge in [-0.15, -0.1) is 0 Å². The molecular weight excluding hydrogens is 202 g/mol. The van der Waals surface area contributed by atoms with Crippen LogP contribution in [-0.2, 0) is 9.53 Å². The van der Waals surface area contributed by atoms with Gasteiger partial charge in [-0.3, -0.25) is 0 Å². The number of aliphatic carboxylic acids is 1. The zero-order chi connectivity index (χ0) is 12.1. The number of hydrogen-bond donors (Lipinski definition) is 3. The molecule has 0 rings (SSSR count). The summed E-state index contributed by atoms with van der Waals surface area (Å²) in [5.74, 6) is -1.30. The molecule has 3 N–H and O–H groups in total. The lowest BCUT2D eigenvalue weighted by Gasteiger charge is -2.19. The van der Waals surface area contributed by atoms with Crippen LogP contribution in [-0.4, -0.2) is 41.5 Å². The van der Waals surface area contributed by atoms with Crippen molar-refractivity contribution in [3.8, 4) is 0 Å². The van der Waals surface area contributed by atoms with Gasteiger partial charge in [0.15, 0.2) is 6.04 Å². The molecule has 0 bridgehead atoms. The molecule has 0 saturated heterocycles. The number of aliphatic hydroxyl groups is 1. The van der Waals surface area contributed by atoms with Crippen LogP contribution in [0.4, 0.5) is 4.79 Å². The number of ether oxygens (including phenoxy) is 1. The van der Waals surface area contributed by atoms with Gasteiger partial charge < -0.3 is 20.3 Å². The van der Waals surface area contributed by atoms with Crippen molar-refractivity contribution in [3.63, 3.8) is 0 Å². The van der Waals surface area contributed by atoms with Crippen LogP contribution in [0.1, 0.15) is 20.8 Å². The number of carbonyl (C=O) groups excluding carboxylic acids is 1. The zero-order valence-electron chi connectivity index (χ0n) is 9.11. The molecule has 0 aliphatic rings. The summed E-state index contributed by atoms with van der Waals surface area (Å²) in [6.45, 7) is 5.14.